The van der Waals surface area contributed by atoms with Crippen LogP contribution in [0.5, 0.6) is 0 Å². The molecule has 31 heavy (non-hydrogen) atoms. The van der Waals surface area contributed by atoms with Gasteiger partial charge in [0.05, 0.1) is 0 Å². The highest BCUT2D eigenvalue weighted by molar-refractivity contribution is 8.03. The number of allylic oxidation sites excluding steroid dienone is 4. The van der Waals surface area contributed by atoms with Gasteiger partial charge in [-0.3, -0.25) is 9.59 Å². The Kier molecular flexibility index (Phi) is 23.8. The molecule has 0 radical (unpaired) electrons. The molecule has 0 fully saturated rings. The fourth-order valence-corrected chi connectivity index (χ4v) is 6.27. The maximum absolute atomic E-state index is 11.3. The van der Waals surface area contributed by atoms with Crippen LogP contribution in [0.4, 0.5) is 0 Å². The van der Waals surface area contributed by atoms with Crippen LogP contribution < -0.4 is 0 Å². The summed E-state index contributed by atoms with van der Waals surface area (Å²) in [6.45, 7) is 2.29. The highest BCUT2D eigenvalue weighted by atomic mass is 32.2. The van der Waals surface area contributed by atoms with Crippen LogP contribution in [0, 0.1) is 0 Å². The summed E-state index contributed by atoms with van der Waals surface area (Å²) in [5.41, 5.74) is 0. The average molecular weight is 469 g/mol. The second-order valence-corrected chi connectivity index (χ2v) is 10.6. The lowest BCUT2D eigenvalue weighted by Gasteiger charge is -2.24. The van der Waals surface area contributed by atoms with E-state index in [1.807, 2.05) is 6.08 Å². The molecule has 0 aromatic carbocycles. The molecule has 0 spiro atoms. The zero-order chi connectivity index (χ0) is 23.0. The quantitative estimate of drug-likeness (QED) is 0.0854. The molecule has 4 heteroatoms. The first-order chi connectivity index (χ1) is 15.2. The molecule has 0 aliphatic rings. The topological polar surface area (TPSA) is 34.1 Å². The normalized spacial score (nSPS) is 13.8. The molecule has 0 aliphatic carbocycles. The molecule has 180 valence electrons. The molecule has 2 nitrogen and oxygen atoms in total. The van der Waals surface area contributed by atoms with Crippen LogP contribution in [0.25, 0.3) is 0 Å². The molecule has 0 rings (SSSR count). The minimum absolute atomic E-state index is 0.105. The molecule has 0 saturated heterocycles. The van der Waals surface area contributed by atoms with Gasteiger partial charge >= 0.3 is 0 Å². The minimum atomic E-state index is -0.105. The van der Waals surface area contributed by atoms with Gasteiger partial charge in [-0.25, -0.2) is 0 Å². The Hall–Kier alpha value is -0.480. The van der Waals surface area contributed by atoms with Crippen LogP contribution in [0.15, 0.2) is 24.3 Å². The Labute approximate surface area is 201 Å². The van der Waals surface area contributed by atoms with E-state index in [1.54, 1.807) is 6.08 Å². The maximum atomic E-state index is 11.3. The van der Waals surface area contributed by atoms with Gasteiger partial charge in [-0.15, -0.1) is 0 Å². The second kappa shape index (κ2) is 24.2. The van der Waals surface area contributed by atoms with Crippen molar-refractivity contribution in [1.29, 1.82) is 0 Å². The van der Waals surface area contributed by atoms with Crippen molar-refractivity contribution >= 4 is 35.6 Å². The van der Waals surface area contributed by atoms with Gasteiger partial charge in [-0.05, 0) is 56.4 Å². The van der Waals surface area contributed by atoms with E-state index >= 15 is 0 Å². The van der Waals surface area contributed by atoms with Crippen LogP contribution >= 0.6 is 23.5 Å². The predicted molar refractivity (Wildman–Crippen MR) is 144 cm³/mol. The number of aldehydes is 1. The van der Waals surface area contributed by atoms with Gasteiger partial charge < -0.3 is 0 Å². The van der Waals surface area contributed by atoms with Gasteiger partial charge in [0, 0.05) is 10.5 Å². The number of hydrogen-bond acceptors (Lipinski definition) is 4. The fourth-order valence-electron chi connectivity index (χ4n) is 3.92. The third kappa shape index (κ3) is 19.9. The van der Waals surface area contributed by atoms with Crippen molar-refractivity contribution in [3.05, 3.63) is 24.3 Å². The summed E-state index contributed by atoms with van der Waals surface area (Å²) >= 11 is 4.18. The molecule has 0 heterocycles. The first-order valence-electron chi connectivity index (χ1n) is 12.6. The van der Waals surface area contributed by atoms with E-state index in [-0.39, 0.29) is 5.78 Å². The van der Waals surface area contributed by atoms with E-state index in [9.17, 15) is 9.59 Å². The van der Waals surface area contributed by atoms with Crippen LogP contribution in [0.3, 0.4) is 0 Å². The largest absolute Gasteiger partial charge is 0.299 e. The summed E-state index contributed by atoms with van der Waals surface area (Å²) in [7, 11) is 0. The van der Waals surface area contributed by atoms with Gasteiger partial charge in [-0.1, -0.05) is 90.0 Å². The number of carbonyl (C=O) groups excluding carboxylic acids is 2. The Bertz CT molecular complexity index is 474. The van der Waals surface area contributed by atoms with E-state index < -0.39 is 0 Å². The Morgan fingerprint density at radius 1 is 0.710 bits per heavy atom. The number of rotatable bonds is 23. The smallest absolute Gasteiger partial charge is 0.178 e. The van der Waals surface area contributed by atoms with E-state index in [0.717, 1.165) is 23.3 Å². The highest BCUT2D eigenvalue weighted by Gasteiger charge is 2.18. The molecule has 0 amide bonds. The van der Waals surface area contributed by atoms with E-state index in [4.69, 9.17) is 0 Å². The summed E-state index contributed by atoms with van der Waals surface area (Å²) in [5, 5.41) is 1.68. The Morgan fingerprint density at radius 2 is 1.19 bits per heavy atom. The number of carbonyl (C=O) groups is 2. The highest BCUT2D eigenvalue weighted by Crippen LogP contribution is 2.30. The van der Waals surface area contributed by atoms with Gasteiger partial charge in [-0.2, -0.15) is 23.5 Å². The molecule has 0 aromatic heterocycles. The van der Waals surface area contributed by atoms with Crippen molar-refractivity contribution in [3.63, 3.8) is 0 Å². The van der Waals surface area contributed by atoms with Crippen LogP contribution in [-0.2, 0) is 9.59 Å². The molecule has 0 bridgehead atoms. The zero-order valence-electron chi connectivity index (χ0n) is 20.5. The van der Waals surface area contributed by atoms with Crippen LogP contribution in [-0.4, -0.2) is 35.1 Å². The van der Waals surface area contributed by atoms with Crippen LogP contribution in [0.2, 0.25) is 0 Å². The van der Waals surface area contributed by atoms with Crippen molar-refractivity contribution in [2.75, 3.05) is 12.5 Å². The van der Waals surface area contributed by atoms with E-state index in [2.05, 4.69) is 43.0 Å². The average Bonchev–Trinajstić information content (AvgIpc) is 2.78. The zero-order valence-corrected chi connectivity index (χ0v) is 22.1. The predicted octanol–water partition coefficient (Wildman–Crippen LogP) is 8.59. The number of thioether (sulfide) groups is 2. The lowest BCUT2D eigenvalue weighted by molar-refractivity contribution is -0.111. The summed E-state index contributed by atoms with van der Waals surface area (Å²) in [6.07, 6.45) is 32.5. The Balaban J connectivity index is 3.60. The third-order valence-electron chi connectivity index (χ3n) is 5.84. The maximum Gasteiger partial charge on any atom is 0.178 e. The monoisotopic (exact) mass is 468 g/mol. The summed E-state index contributed by atoms with van der Waals surface area (Å²) < 4.78 is 0. The van der Waals surface area contributed by atoms with Crippen molar-refractivity contribution in [2.45, 2.75) is 120 Å². The Morgan fingerprint density at radius 3 is 1.68 bits per heavy atom. The van der Waals surface area contributed by atoms with E-state index in [1.165, 1.54) is 102 Å². The molecule has 0 saturated carbocycles. The first-order valence-corrected chi connectivity index (χ1v) is 15.1. The molecular formula is C27H48O2S2. The molecule has 2 atom stereocenters. The van der Waals surface area contributed by atoms with Crippen molar-refractivity contribution in [1.82, 2.24) is 0 Å². The van der Waals surface area contributed by atoms with Crippen molar-refractivity contribution < 1.29 is 9.59 Å². The number of unbranched alkanes of at least 4 members (excludes halogenated alkanes) is 12. The molecule has 2 unspecified atom stereocenters. The van der Waals surface area contributed by atoms with Gasteiger partial charge in [0.25, 0.3) is 0 Å². The molecule has 0 aliphatic heterocycles. The second-order valence-electron chi connectivity index (χ2n) is 8.46. The van der Waals surface area contributed by atoms with Gasteiger partial charge in [0.1, 0.15) is 6.29 Å². The fraction of sp³-hybridized carbons (Fsp3) is 0.778. The van der Waals surface area contributed by atoms with Crippen molar-refractivity contribution in [3.8, 4) is 0 Å². The summed E-state index contributed by atoms with van der Waals surface area (Å²) in [5.74, 6) is -0.105. The third-order valence-corrected chi connectivity index (χ3v) is 8.35. The lowest BCUT2D eigenvalue weighted by atomic mass is 10.0. The molecule has 0 N–H and O–H groups in total. The number of ketones is 1. The van der Waals surface area contributed by atoms with Crippen LogP contribution in [0.1, 0.15) is 110 Å². The summed E-state index contributed by atoms with van der Waals surface area (Å²) in [4.78, 5) is 21.5. The lowest BCUT2D eigenvalue weighted by Crippen LogP contribution is -2.19. The van der Waals surface area contributed by atoms with Gasteiger partial charge in [0.15, 0.2) is 5.78 Å². The first kappa shape index (κ1) is 30.5. The summed E-state index contributed by atoms with van der Waals surface area (Å²) in [6, 6.07) is 0. The van der Waals surface area contributed by atoms with Crippen molar-refractivity contribution in [2.24, 2.45) is 0 Å². The molecular weight excluding hydrogens is 420 g/mol. The standard InChI is InChI=1S/C27H48O2S2/c1-4-5-6-17-22-26(30-2)27(31-3)23-18-15-13-11-9-7-8-10-12-14-16-20-25(29)21-19-24-28/h16,19-21,24,26-27H,4-15,17-18,22-23H2,1-3H3/b20-16+,21-19+. The van der Waals surface area contributed by atoms with E-state index in [0.29, 0.717) is 6.29 Å². The minimum Gasteiger partial charge on any atom is -0.299 e. The molecule has 0 aromatic rings. The van der Waals surface area contributed by atoms with Gasteiger partial charge in [0.2, 0.25) is 0 Å². The number of hydrogen-bond donors (Lipinski definition) is 0. The SMILES string of the molecule is CCCCCCC(SC)C(CCCCCCCCCCC/C=C/C(=O)/C=C/C=O)SC.